The van der Waals surface area contributed by atoms with E-state index >= 15 is 0 Å². The number of aliphatic carboxylic acids is 1. The van der Waals surface area contributed by atoms with Crippen LogP contribution in [0, 0.1) is 0 Å². The van der Waals surface area contributed by atoms with E-state index in [1.807, 2.05) is 30.3 Å². The monoisotopic (exact) mass is 215 g/mol. The molecule has 0 aliphatic carbocycles. The summed E-state index contributed by atoms with van der Waals surface area (Å²) in [6.45, 7) is 0. The minimum absolute atomic E-state index is 0.506. The zero-order valence-electron chi connectivity index (χ0n) is 8.32. The van der Waals surface area contributed by atoms with Crippen LogP contribution < -0.4 is 0 Å². The van der Waals surface area contributed by atoms with Crippen molar-refractivity contribution in [2.75, 3.05) is 0 Å². The Bertz CT molecular complexity index is 517. The third-order valence-corrected chi connectivity index (χ3v) is 1.93. The Labute approximate surface area is 91.6 Å². The van der Waals surface area contributed by atoms with E-state index in [4.69, 9.17) is 5.11 Å². The van der Waals surface area contributed by atoms with Gasteiger partial charge in [0.25, 0.3) is 0 Å². The Balaban J connectivity index is 2.23. The van der Waals surface area contributed by atoms with Crippen LogP contribution in [0.5, 0.6) is 0 Å². The predicted octanol–water partition coefficient (Wildman–Crippen LogP) is 1.37. The molecule has 2 rings (SSSR count). The molecule has 1 aromatic heterocycles. The summed E-state index contributed by atoms with van der Waals surface area (Å²) >= 11 is 0. The van der Waals surface area contributed by atoms with E-state index in [1.165, 1.54) is 6.08 Å². The fourth-order valence-corrected chi connectivity index (χ4v) is 1.22. The van der Waals surface area contributed by atoms with Crippen molar-refractivity contribution in [3.05, 3.63) is 48.3 Å². The summed E-state index contributed by atoms with van der Waals surface area (Å²) < 4.78 is 1.58. The highest BCUT2D eigenvalue weighted by Gasteiger charge is 1.99. The molecule has 0 aliphatic heterocycles. The Morgan fingerprint density at radius 3 is 2.75 bits per heavy atom. The van der Waals surface area contributed by atoms with Gasteiger partial charge in [-0.25, -0.2) is 9.48 Å². The van der Waals surface area contributed by atoms with Gasteiger partial charge >= 0.3 is 5.97 Å². The molecule has 1 N–H and O–H groups in total. The van der Waals surface area contributed by atoms with Crippen LogP contribution in [0.4, 0.5) is 0 Å². The molecule has 5 nitrogen and oxygen atoms in total. The van der Waals surface area contributed by atoms with Crippen LogP contribution in [0.2, 0.25) is 0 Å². The molecule has 80 valence electrons. The molecule has 0 atom stereocenters. The van der Waals surface area contributed by atoms with Crippen LogP contribution in [0.25, 0.3) is 11.8 Å². The van der Waals surface area contributed by atoms with Gasteiger partial charge in [0.1, 0.15) is 5.69 Å². The van der Waals surface area contributed by atoms with Gasteiger partial charge in [0.15, 0.2) is 0 Å². The SMILES string of the molecule is O=C(O)/C=C/c1cn(-c2ccccc2)nn1. The molecule has 5 heteroatoms. The summed E-state index contributed by atoms with van der Waals surface area (Å²) in [7, 11) is 0. The van der Waals surface area contributed by atoms with Crippen molar-refractivity contribution >= 4 is 12.0 Å². The number of carbonyl (C=O) groups is 1. The van der Waals surface area contributed by atoms with Crippen LogP contribution in [0.3, 0.4) is 0 Å². The summed E-state index contributed by atoms with van der Waals surface area (Å²) in [6, 6.07) is 9.47. The molecule has 0 saturated carbocycles. The maximum Gasteiger partial charge on any atom is 0.328 e. The van der Waals surface area contributed by atoms with Crippen LogP contribution >= 0.6 is 0 Å². The molecule has 0 fully saturated rings. The number of carboxylic acids is 1. The number of aromatic nitrogens is 3. The molecule has 1 aromatic carbocycles. The average Bonchev–Trinajstić information content (AvgIpc) is 2.76. The lowest BCUT2D eigenvalue weighted by Gasteiger charge is -1.96. The number of hydrogen-bond donors (Lipinski definition) is 1. The first kappa shape index (κ1) is 10.1. The second-order valence-electron chi connectivity index (χ2n) is 3.10. The average molecular weight is 215 g/mol. The summed E-state index contributed by atoms with van der Waals surface area (Å²) in [4.78, 5) is 10.3. The van der Waals surface area contributed by atoms with Gasteiger partial charge in [-0.2, -0.15) is 0 Å². The smallest absolute Gasteiger partial charge is 0.328 e. The number of rotatable bonds is 3. The predicted molar refractivity (Wildman–Crippen MR) is 58.0 cm³/mol. The van der Waals surface area contributed by atoms with E-state index in [0.717, 1.165) is 11.8 Å². The maximum absolute atomic E-state index is 10.3. The molecule has 0 radical (unpaired) electrons. The Hall–Kier alpha value is -2.43. The van der Waals surface area contributed by atoms with E-state index in [9.17, 15) is 4.79 Å². The number of carboxylic acid groups (broad SMARTS) is 1. The largest absolute Gasteiger partial charge is 0.478 e. The second-order valence-corrected chi connectivity index (χ2v) is 3.10. The van der Waals surface area contributed by atoms with Crippen molar-refractivity contribution < 1.29 is 9.90 Å². The maximum atomic E-state index is 10.3. The van der Waals surface area contributed by atoms with Crippen LogP contribution in [0.15, 0.2) is 42.6 Å². The van der Waals surface area contributed by atoms with E-state index in [-0.39, 0.29) is 0 Å². The van der Waals surface area contributed by atoms with E-state index in [0.29, 0.717) is 5.69 Å². The highest BCUT2D eigenvalue weighted by molar-refractivity contribution is 5.84. The minimum atomic E-state index is -1.01. The summed E-state index contributed by atoms with van der Waals surface area (Å²) in [5.41, 5.74) is 1.39. The van der Waals surface area contributed by atoms with E-state index in [2.05, 4.69) is 10.3 Å². The van der Waals surface area contributed by atoms with Crippen LogP contribution in [-0.4, -0.2) is 26.1 Å². The fourth-order valence-electron chi connectivity index (χ4n) is 1.22. The second kappa shape index (κ2) is 4.39. The first-order valence-electron chi connectivity index (χ1n) is 4.64. The van der Waals surface area contributed by atoms with Gasteiger partial charge in [-0.05, 0) is 18.2 Å². The molecule has 0 saturated heterocycles. The lowest BCUT2D eigenvalue weighted by atomic mass is 10.3. The standard InChI is InChI=1S/C11H9N3O2/c15-11(16)7-6-9-8-14(13-12-9)10-4-2-1-3-5-10/h1-8H,(H,15,16)/b7-6+. The third-order valence-electron chi connectivity index (χ3n) is 1.93. The highest BCUT2D eigenvalue weighted by atomic mass is 16.4. The highest BCUT2D eigenvalue weighted by Crippen LogP contribution is 2.06. The van der Waals surface area contributed by atoms with Gasteiger partial charge in [0.05, 0.1) is 11.9 Å². The van der Waals surface area contributed by atoms with Gasteiger partial charge in [0.2, 0.25) is 0 Å². The number of hydrogen-bond acceptors (Lipinski definition) is 3. The first-order chi connectivity index (χ1) is 7.75. The molecule has 0 spiro atoms. The molecule has 2 aromatic rings. The quantitative estimate of drug-likeness (QED) is 0.785. The van der Waals surface area contributed by atoms with Gasteiger partial charge in [0, 0.05) is 6.08 Å². The van der Waals surface area contributed by atoms with Crippen molar-refractivity contribution in [1.29, 1.82) is 0 Å². The van der Waals surface area contributed by atoms with Crippen LogP contribution in [-0.2, 0) is 4.79 Å². The van der Waals surface area contributed by atoms with Gasteiger partial charge in [-0.1, -0.05) is 23.4 Å². The Morgan fingerprint density at radius 2 is 2.06 bits per heavy atom. The molecule has 1 heterocycles. The lowest BCUT2D eigenvalue weighted by molar-refractivity contribution is -0.131. The minimum Gasteiger partial charge on any atom is -0.478 e. The fraction of sp³-hybridized carbons (Fsp3) is 0. The van der Waals surface area contributed by atoms with E-state index in [1.54, 1.807) is 10.9 Å². The summed E-state index contributed by atoms with van der Waals surface area (Å²) in [6.07, 6.45) is 4.09. The van der Waals surface area contributed by atoms with Gasteiger partial charge in [-0.15, -0.1) is 5.10 Å². The molecule has 0 amide bonds. The van der Waals surface area contributed by atoms with Gasteiger partial charge in [-0.3, -0.25) is 0 Å². The molecule has 0 aliphatic rings. The zero-order valence-corrected chi connectivity index (χ0v) is 8.32. The van der Waals surface area contributed by atoms with Crippen LogP contribution in [0.1, 0.15) is 5.69 Å². The molecule has 0 unspecified atom stereocenters. The van der Waals surface area contributed by atoms with Gasteiger partial charge < -0.3 is 5.11 Å². The third kappa shape index (κ3) is 2.33. The summed E-state index contributed by atoms with van der Waals surface area (Å²) in [5.74, 6) is -1.01. The molecule has 16 heavy (non-hydrogen) atoms. The van der Waals surface area contributed by atoms with E-state index < -0.39 is 5.97 Å². The number of benzene rings is 1. The Morgan fingerprint density at radius 1 is 1.31 bits per heavy atom. The Kier molecular flexibility index (Phi) is 2.77. The zero-order chi connectivity index (χ0) is 11.4. The number of nitrogens with zero attached hydrogens (tertiary/aromatic N) is 3. The summed E-state index contributed by atoms with van der Waals surface area (Å²) in [5, 5.41) is 16.2. The van der Waals surface area contributed by atoms with Crippen molar-refractivity contribution in [3.8, 4) is 5.69 Å². The molecular weight excluding hydrogens is 206 g/mol. The van der Waals surface area contributed by atoms with Crippen molar-refractivity contribution in [3.63, 3.8) is 0 Å². The normalized spacial score (nSPS) is 10.8. The van der Waals surface area contributed by atoms with Crippen molar-refractivity contribution in [2.24, 2.45) is 0 Å². The lowest BCUT2D eigenvalue weighted by Crippen LogP contribution is -1.93. The topological polar surface area (TPSA) is 68.0 Å². The van der Waals surface area contributed by atoms with Crippen molar-refractivity contribution in [2.45, 2.75) is 0 Å². The van der Waals surface area contributed by atoms with Crippen molar-refractivity contribution in [1.82, 2.24) is 15.0 Å². The number of para-hydroxylation sites is 1. The first-order valence-corrected chi connectivity index (χ1v) is 4.64. The molecule has 0 bridgehead atoms. The molecular formula is C11H9N3O2.